The Bertz CT molecular complexity index is 340. The highest BCUT2D eigenvalue weighted by molar-refractivity contribution is 5.72. The van der Waals surface area contributed by atoms with E-state index < -0.39 is 12.1 Å². The topological polar surface area (TPSA) is 58.6 Å². The average Bonchev–Trinajstić information content (AvgIpc) is 2.38. The lowest BCUT2D eigenvalue weighted by Gasteiger charge is -2.11. The zero-order valence-corrected chi connectivity index (χ0v) is 10.8. The van der Waals surface area contributed by atoms with Crippen LogP contribution in [0.2, 0.25) is 0 Å². The summed E-state index contributed by atoms with van der Waals surface area (Å²) >= 11 is 0. The standard InChI is InChI=1S/C14H21NO3/c1-2-13(14(16)17)18-10-6-9-15-11-12-7-4-3-5-8-12/h3-5,7-8,13,15H,2,6,9-11H2,1H3,(H,16,17). The first kappa shape index (κ1) is 14.7. The third kappa shape index (κ3) is 5.80. The van der Waals surface area contributed by atoms with E-state index in [0.717, 1.165) is 19.5 Å². The van der Waals surface area contributed by atoms with Gasteiger partial charge < -0.3 is 15.2 Å². The van der Waals surface area contributed by atoms with Gasteiger partial charge in [-0.3, -0.25) is 0 Å². The van der Waals surface area contributed by atoms with E-state index in [1.54, 1.807) is 0 Å². The van der Waals surface area contributed by atoms with Gasteiger partial charge in [-0.2, -0.15) is 0 Å². The summed E-state index contributed by atoms with van der Waals surface area (Å²) in [6, 6.07) is 10.2. The second-order valence-corrected chi connectivity index (χ2v) is 4.12. The molecule has 18 heavy (non-hydrogen) atoms. The van der Waals surface area contributed by atoms with E-state index in [2.05, 4.69) is 17.4 Å². The molecule has 0 bridgehead atoms. The highest BCUT2D eigenvalue weighted by Crippen LogP contribution is 1.99. The summed E-state index contributed by atoms with van der Waals surface area (Å²) in [5.41, 5.74) is 1.25. The van der Waals surface area contributed by atoms with Gasteiger partial charge in [-0.1, -0.05) is 37.3 Å². The van der Waals surface area contributed by atoms with Crippen molar-refractivity contribution in [2.45, 2.75) is 32.4 Å². The molecule has 0 aliphatic rings. The summed E-state index contributed by atoms with van der Waals surface area (Å²) < 4.78 is 5.27. The predicted octanol–water partition coefficient (Wildman–Crippen LogP) is 2.05. The molecule has 1 atom stereocenters. The van der Waals surface area contributed by atoms with Crippen molar-refractivity contribution in [1.29, 1.82) is 0 Å². The summed E-state index contributed by atoms with van der Waals surface area (Å²) in [7, 11) is 0. The van der Waals surface area contributed by atoms with E-state index in [1.807, 2.05) is 25.1 Å². The maximum Gasteiger partial charge on any atom is 0.332 e. The van der Waals surface area contributed by atoms with Crippen LogP contribution in [0.5, 0.6) is 0 Å². The Morgan fingerprint density at radius 2 is 2.11 bits per heavy atom. The third-order valence-electron chi connectivity index (χ3n) is 2.64. The zero-order chi connectivity index (χ0) is 13.2. The quantitative estimate of drug-likeness (QED) is 0.659. The van der Waals surface area contributed by atoms with Crippen LogP contribution in [-0.2, 0) is 16.1 Å². The molecule has 1 aromatic rings. The molecule has 0 radical (unpaired) electrons. The van der Waals surface area contributed by atoms with Gasteiger partial charge in [0.25, 0.3) is 0 Å². The Hall–Kier alpha value is -1.39. The van der Waals surface area contributed by atoms with Crippen molar-refractivity contribution in [2.24, 2.45) is 0 Å². The number of hydrogen-bond donors (Lipinski definition) is 2. The van der Waals surface area contributed by atoms with Gasteiger partial charge in [-0.05, 0) is 24.9 Å². The maximum absolute atomic E-state index is 10.7. The van der Waals surface area contributed by atoms with Gasteiger partial charge in [0.1, 0.15) is 0 Å². The number of carbonyl (C=O) groups is 1. The molecule has 1 aromatic carbocycles. The minimum absolute atomic E-state index is 0.479. The van der Waals surface area contributed by atoms with Gasteiger partial charge >= 0.3 is 5.97 Å². The van der Waals surface area contributed by atoms with Gasteiger partial charge in [0.15, 0.2) is 6.10 Å². The van der Waals surface area contributed by atoms with Crippen molar-refractivity contribution in [3.05, 3.63) is 35.9 Å². The monoisotopic (exact) mass is 251 g/mol. The van der Waals surface area contributed by atoms with Crippen molar-refractivity contribution in [3.63, 3.8) is 0 Å². The largest absolute Gasteiger partial charge is 0.479 e. The van der Waals surface area contributed by atoms with Gasteiger partial charge in [-0.25, -0.2) is 4.79 Å². The molecule has 0 fully saturated rings. The smallest absolute Gasteiger partial charge is 0.332 e. The van der Waals surface area contributed by atoms with Crippen molar-refractivity contribution in [3.8, 4) is 0 Å². The molecule has 0 aliphatic heterocycles. The SMILES string of the molecule is CCC(OCCCNCc1ccccc1)C(=O)O. The molecule has 1 unspecified atom stereocenters. The summed E-state index contributed by atoms with van der Waals surface area (Å²) in [5, 5.41) is 12.1. The average molecular weight is 251 g/mol. The van der Waals surface area contributed by atoms with Gasteiger partial charge in [0.2, 0.25) is 0 Å². The molecule has 0 saturated heterocycles. The highest BCUT2D eigenvalue weighted by Gasteiger charge is 2.14. The molecule has 4 nitrogen and oxygen atoms in total. The molecule has 0 heterocycles. The molecule has 100 valence electrons. The Labute approximate surface area is 108 Å². The van der Waals surface area contributed by atoms with E-state index in [4.69, 9.17) is 9.84 Å². The Kier molecular flexibility index (Phi) is 7.06. The molecule has 2 N–H and O–H groups in total. The number of ether oxygens (including phenoxy) is 1. The molecule has 4 heteroatoms. The number of benzene rings is 1. The third-order valence-corrected chi connectivity index (χ3v) is 2.64. The lowest BCUT2D eigenvalue weighted by molar-refractivity contribution is -0.150. The van der Waals surface area contributed by atoms with E-state index in [1.165, 1.54) is 5.56 Å². The van der Waals surface area contributed by atoms with Crippen LogP contribution in [-0.4, -0.2) is 30.3 Å². The first-order valence-corrected chi connectivity index (χ1v) is 6.33. The first-order valence-electron chi connectivity index (χ1n) is 6.33. The number of carboxylic acid groups (broad SMARTS) is 1. The number of hydrogen-bond acceptors (Lipinski definition) is 3. The Balaban J connectivity index is 2.04. The fourth-order valence-corrected chi connectivity index (χ4v) is 1.62. The normalized spacial score (nSPS) is 12.3. The minimum atomic E-state index is -0.880. The van der Waals surface area contributed by atoms with Crippen LogP contribution >= 0.6 is 0 Å². The fourth-order valence-electron chi connectivity index (χ4n) is 1.62. The number of aliphatic carboxylic acids is 1. The van der Waals surface area contributed by atoms with Crippen molar-refractivity contribution < 1.29 is 14.6 Å². The fraction of sp³-hybridized carbons (Fsp3) is 0.500. The Morgan fingerprint density at radius 1 is 1.39 bits per heavy atom. The summed E-state index contributed by atoms with van der Waals surface area (Å²) in [4.78, 5) is 10.7. The van der Waals surface area contributed by atoms with Crippen LogP contribution in [0.15, 0.2) is 30.3 Å². The van der Waals surface area contributed by atoms with Crippen LogP contribution in [0.25, 0.3) is 0 Å². The summed E-state index contributed by atoms with van der Waals surface area (Å²) in [6.45, 7) is 3.95. The second-order valence-electron chi connectivity index (χ2n) is 4.12. The minimum Gasteiger partial charge on any atom is -0.479 e. The van der Waals surface area contributed by atoms with Gasteiger partial charge in [0, 0.05) is 13.2 Å². The van der Waals surface area contributed by atoms with Crippen LogP contribution < -0.4 is 5.32 Å². The van der Waals surface area contributed by atoms with E-state index in [-0.39, 0.29) is 0 Å². The first-order chi connectivity index (χ1) is 8.74. The van der Waals surface area contributed by atoms with Crippen molar-refractivity contribution >= 4 is 5.97 Å². The van der Waals surface area contributed by atoms with Crippen molar-refractivity contribution in [1.82, 2.24) is 5.32 Å². The van der Waals surface area contributed by atoms with Crippen LogP contribution in [0.4, 0.5) is 0 Å². The molecule has 0 amide bonds. The molecule has 1 rings (SSSR count). The lowest BCUT2D eigenvalue weighted by Crippen LogP contribution is -2.24. The van der Waals surface area contributed by atoms with Crippen LogP contribution in [0, 0.1) is 0 Å². The molecule has 0 aliphatic carbocycles. The number of rotatable bonds is 9. The van der Waals surface area contributed by atoms with Gasteiger partial charge in [-0.15, -0.1) is 0 Å². The molecular weight excluding hydrogens is 230 g/mol. The Morgan fingerprint density at radius 3 is 2.72 bits per heavy atom. The zero-order valence-electron chi connectivity index (χ0n) is 10.8. The van der Waals surface area contributed by atoms with E-state index in [9.17, 15) is 4.79 Å². The van der Waals surface area contributed by atoms with Crippen molar-refractivity contribution in [2.75, 3.05) is 13.2 Å². The van der Waals surface area contributed by atoms with E-state index in [0.29, 0.717) is 13.0 Å². The van der Waals surface area contributed by atoms with Crippen LogP contribution in [0.1, 0.15) is 25.3 Å². The summed E-state index contributed by atoms with van der Waals surface area (Å²) in [6.07, 6.45) is 0.655. The molecule has 0 aromatic heterocycles. The van der Waals surface area contributed by atoms with E-state index >= 15 is 0 Å². The maximum atomic E-state index is 10.7. The molecular formula is C14H21NO3. The molecule has 0 saturated carbocycles. The second kappa shape index (κ2) is 8.66. The number of carboxylic acids is 1. The predicted molar refractivity (Wildman–Crippen MR) is 70.4 cm³/mol. The lowest BCUT2D eigenvalue weighted by atomic mass is 10.2. The van der Waals surface area contributed by atoms with Gasteiger partial charge in [0.05, 0.1) is 0 Å². The van der Waals surface area contributed by atoms with Crippen LogP contribution in [0.3, 0.4) is 0 Å². The molecule has 0 spiro atoms. The summed E-state index contributed by atoms with van der Waals surface area (Å²) in [5.74, 6) is -0.880. The highest BCUT2D eigenvalue weighted by atomic mass is 16.5. The number of nitrogens with one attached hydrogen (secondary N) is 1.